The molecule has 7 aromatic rings. The highest BCUT2D eigenvalue weighted by molar-refractivity contribution is 6.28. The fourth-order valence-corrected chi connectivity index (χ4v) is 4.85. The standard InChI is InChI=1S/C35H22ClN3/c36-35-38-33(28-20-19-26-21-25(17-18-27(26)22-28)23-9-3-1-4-10-23)37-34(39-35)32-16-8-14-30-29(13-7-15-31(30)32)24-11-5-2-6-12-24/h1-22H/i17D,18D,19D,20D,21D,22D. The van der Waals surface area contributed by atoms with Crippen molar-refractivity contribution in [3.63, 3.8) is 0 Å². The second kappa shape index (κ2) is 9.79. The number of benzene rings is 6. The van der Waals surface area contributed by atoms with Crippen molar-refractivity contribution in [3.05, 3.63) is 139 Å². The summed E-state index contributed by atoms with van der Waals surface area (Å²) in [4.78, 5) is 13.3. The summed E-state index contributed by atoms with van der Waals surface area (Å²) in [5.74, 6) is 0.121. The van der Waals surface area contributed by atoms with Crippen LogP contribution in [0.2, 0.25) is 5.28 Å². The number of fused-ring (bicyclic) bond motifs is 2. The fraction of sp³-hybridized carbons (Fsp3) is 0. The summed E-state index contributed by atoms with van der Waals surface area (Å²) in [6.45, 7) is 0. The Morgan fingerprint density at radius 2 is 1.03 bits per heavy atom. The van der Waals surface area contributed by atoms with Crippen molar-refractivity contribution < 1.29 is 8.22 Å². The second-order valence-electron chi connectivity index (χ2n) is 8.94. The third-order valence-electron chi connectivity index (χ3n) is 6.52. The van der Waals surface area contributed by atoms with Crippen LogP contribution in [0.3, 0.4) is 0 Å². The Morgan fingerprint density at radius 1 is 0.462 bits per heavy atom. The average Bonchev–Trinajstić information content (AvgIpc) is 3.05. The van der Waals surface area contributed by atoms with Crippen molar-refractivity contribution in [2.75, 3.05) is 0 Å². The third-order valence-corrected chi connectivity index (χ3v) is 6.69. The minimum absolute atomic E-state index is 0.0449. The van der Waals surface area contributed by atoms with Crippen molar-refractivity contribution in [3.8, 4) is 45.0 Å². The Kier molecular flexibility index (Phi) is 4.42. The topological polar surface area (TPSA) is 38.7 Å². The number of hydrogen-bond donors (Lipinski definition) is 0. The van der Waals surface area contributed by atoms with Gasteiger partial charge in [0.1, 0.15) is 0 Å². The van der Waals surface area contributed by atoms with Crippen LogP contribution < -0.4 is 0 Å². The van der Waals surface area contributed by atoms with Gasteiger partial charge in [-0.05, 0) is 67.5 Å². The van der Waals surface area contributed by atoms with Gasteiger partial charge in [-0.3, -0.25) is 0 Å². The molecule has 0 saturated carbocycles. The highest BCUT2D eigenvalue weighted by atomic mass is 35.5. The van der Waals surface area contributed by atoms with E-state index in [2.05, 4.69) is 15.0 Å². The molecule has 0 unspecified atom stereocenters. The molecule has 6 aromatic carbocycles. The molecular weight excluding hydrogens is 498 g/mol. The maximum atomic E-state index is 9.09. The highest BCUT2D eigenvalue weighted by Gasteiger charge is 2.14. The zero-order valence-corrected chi connectivity index (χ0v) is 21.2. The second-order valence-corrected chi connectivity index (χ2v) is 9.28. The van der Waals surface area contributed by atoms with E-state index in [0.717, 1.165) is 21.9 Å². The summed E-state index contributed by atoms with van der Waals surface area (Å²) in [5, 5.41) is 1.54. The van der Waals surface area contributed by atoms with Gasteiger partial charge in [0.15, 0.2) is 11.6 Å². The van der Waals surface area contributed by atoms with E-state index in [9.17, 15) is 0 Å². The summed E-state index contributed by atoms with van der Waals surface area (Å²) in [6.07, 6.45) is 0. The van der Waals surface area contributed by atoms with Gasteiger partial charge < -0.3 is 0 Å². The first-order chi connectivity index (χ1) is 21.8. The lowest BCUT2D eigenvalue weighted by Crippen LogP contribution is -1.98. The van der Waals surface area contributed by atoms with Crippen LogP contribution in [0.1, 0.15) is 8.22 Å². The van der Waals surface area contributed by atoms with Gasteiger partial charge in [-0.25, -0.2) is 4.98 Å². The predicted molar refractivity (Wildman–Crippen MR) is 162 cm³/mol. The molecule has 0 aliphatic carbocycles. The number of nitrogens with zero attached hydrogens (tertiary/aromatic N) is 3. The molecule has 0 amide bonds. The summed E-state index contributed by atoms with van der Waals surface area (Å²) in [5.41, 5.74) is 3.34. The number of halogens is 1. The maximum absolute atomic E-state index is 9.09. The Morgan fingerprint density at radius 3 is 1.74 bits per heavy atom. The van der Waals surface area contributed by atoms with E-state index in [0.29, 0.717) is 11.1 Å². The average molecular weight is 526 g/mol. The molecule has 0 aliphatic heterocycles. The van der Waals surface area contributed by atoms with E-state index >= 15 is 0 Å². The Labute approximate surface area is 239 Å². The van der Waals surface area contributed by atoms with Crippen molar-refractivity contribution in [1.82, 2.24) is 15.0 Å². The smallest absolute Gasteiger partial charge is 0.208 e. The molecule has 4 heteroatoms. The van der Waals surface area contributed by atoms with Crippen molar-refractivity contribution in [2.24, 2.45) is 0 Å². The largest absolute Gasteiger partial charge is 0.226 e. The molecule has 3 nitrogen and oxygen atoms in total. The van der Waals surface area contributed by atoms with Crippen LogP contribution in [-0.2, 0) is 0 Å². The first kappa shape index (κ1) is 17.6. The first-order valence-electron chi connectivity index (χ1n) is 15.3. The van der Waals surface area contributed by atoms with Gasteiger partial charge in [-0.15, -0.1) is 0 Å². The molecule has 184 valence electrons. The van der Waals surface area contributed by atoms with Crippen LogP contribution in [0.5, 0.6) is 0 Å². The van der Waals surface area contributed by atoms with Gasteiger partial charge in [-0.1, -0.05) is 121 Å². The van der Waals surface area contributed by atoms with E-state index in [1.54, 1.807) is 30.3 Å². The van der Waals surface area contributed by atoms with E-state index in [1.807, 2.05) is 66.7 Å². The molecule has 0 bridgehead atoms. The van der Waals surface area contributed by atoms with E-state index in [4.69, 9.17) is 19.8 Å². The molecule has 0 fully saturated rings. The van der Waals surface area contributed by atoms with Crippen LogP contribution in [0.25, 0.3) is 66.6 Å². The lowest BCUT2D eigenvalue weighted by molar-refractivity contribution is 1.07. The summed E-state index contributed by atoms with van der Waals surface area (Å²) < 4.78 is 53.4. The zero-order valence-electron chi connectivity index (χ0n) is 26.5. The fourth-order valence-electron chi connectivity index (χ4n) is 4.69. The summed E-state index contributed by atoms with van der Waals surface area (Å²) in [6, 6.07) is 28.7. The number of rotatable bonds is 4. The van der Waals surface area contributed by atoms with Crippen LogP contribution >= 0.6 is 11.6 Å². The van der Waals surface area contributed by atoms with Crippen LogP contribution in [0, 0.1) is 0 Å². The van der Waals surface area contributed by atoms with Gasteiger partial charge in [0.05, 0.1) is 8.22 Å². The molecule has 0 atom stereocenters. The summed E-state index contributed by atoms with van der Waals surface area (Å²) >= 11 is 6.43. The molecule has 0 saturated heterocycles. The highest BCUT2D eigenvalue weighted by Crippen LogP contribution is 2.35. The van der Waals surface area contributed by atoms with Crippen LogP contribution in [-0.4, -0.2) is 15.0 Å². The maximum Gasteiger partial charge on any atom is 0.226 e. The molecule has 0 radical (unpaired) electrons. The Bertz CT molecular complexity index is 2300. The molecular formula is C35H22ClN3. The number of aromatic nitrogens is 3. The lowest BCUT2D eigenvalue weighted by atomic mass is 9.95. The molecule has 0 N–H and O–H groups in total. The lowest BCUT2D eigenvalue weighted by Gasteiger charge is -2.11. The minimum atomic E-state index is -0.380. The normalized spacial score (nSPS) is 13.4. The van der Waals surface area contributed by atoms with Crippen molar-refractivity contribution in [1.29, 1.82) is 0 Å². The molecule has 7 rings (SSSR count). The third kappa shape index (κ3) is 4.43. The van der Waals surface area contributed by atoms with E-state index < -0.39 is 0 Å². The quantitative estimate of drug-likeness (QED) is 0.229. The van der Waals surface area contributed by atoms with Crippen molar-refractivity contribution >= 4 is 33.1 Å². The van der Waals surface area contributed by atoms with Gasteiger partial charge in [-0.2, -0.15) is 9.97 Å². The SMILES string of the molecule is [2H]c1c(-c2nc(Cl)nc(-c3cccc4c(-c5ccccc5)cccc34)n2)c([2H])c2c([2H])c([2H])c(-c3ccccc3)c([2H])c2c1[2H]. The van der Waals surface area contributed by atoms with E-state index in [-0.39, 0.29) is 75.1 Å². The minimum Gasteiger partial charge on any atom is -0.208 e. The van der Waals surface area contributed by atoms with Crippen LogP contribution in [0.4, 0.5) is 0 Å². The Balaban J connectivity index is 1.46. The molecule has 0 spiro atoms. The molecule has 39 heavy (non-hydrogen) atoms. The monoisotopic (exact) mass is 525 g/mol. The first-order valence-corrected chi connectivity index (χ1v) is 12.7. The molecule has 1 aromatic heterocycles. The Hall–Kier alpha value is -4.86. The van der Waals surface area contributed by atoms with Gasteiger partial charge in [0.2, 0.25) is 5.28 Å². The number of hydrogen-bond acceptors (Lipinski definition) is 3. The zero-order chi connectivity index (χ0) is 31.4. The van der Waals surface area contributed by atoms with Gasteiger partial charge in [0, 0.05) is 11.1 Å². The molecule has 0 aliphatic rings. The van der Waals surface area contributed by atoms with Crippen molar-refractivity contribution in [2.45, 2.75) is 0 Å². The summed E-state index contributed by atoms with van der Waals surface area (Å²) in [7, 11) is 0. The van der Waals surface area contributed by atoms with Crippen LogP contribution in [0.15, 0.2) is 133 Å². The predicted octanol–water partition coefficient (Wildman–Crippen LogP) is 9.50. The van der Waals surface area contributed by atoms with Gasteiger partial charge in [0.25, 0.3) is 0 Å². The van der Waals surface area contributed by atoms with E-state index in [1.165, 1.54) is 0 Å². The molecule has 1 heterocycles. The van der Waals surface area contributed by atoms with Gasteiger partial charge >= 0.3 is 0 Å².